The highest BCUT2D eigenvalue weighted by Crippen LogP contribution is 2.11. The molecule has 2 heteroatoms. The summed E-state index contributed by atoms with van der Waals surface area (Å²) < 4.78 is 0. The number of hydrogen-bond acceptors (Lipinski definition) is 2. The molecule has 0 fully saturated rings. The van der Waals surface area contributed by atoms with Crippen molar-refractivity contribution in [3.63, 3.8) is 0 Å². The summed E-state index contributed by atoms with van der Waals surface area (Å²) >= 11 is 0. The van der Waals surface area contributed by atoms with Crippen LogP contribution < -0.4 is 5.73 Å². The van der Waals surface area contributed by atoms with Gasteiger partial charge in [-0.25, -0.2) is 0 Å². The van der Waals surface area contributed by atoms with E-state index in [-0.39, 0.29) is 0 Å². The molecule has 0 spiro atoms. The first-order valence-electron chi connectivity index (χ1n) is 6.13. The lowest BCUT2D eigenvalue weighted by Crippen LogP contribution is -2.34. The quantitative estimate of drug-likeness (QED) is 0.652. The third kappa shape index (κ3) is 5.61. The Morgan fingerprint density at radius 1 is 1.07 bits per heavy atom. The van der Waals surface area contributed by atoms with Crippen LogP contribution in [-0.2, 0) is 0 Å². The summed E-state index contributed by atoms with van der Waals surface area (Å²) in [6.45, 7) is 12.4. The lowest BCUT2D eigenvalue weighted by atomic mass is 9.95. The molecule has 2 nitrogen and oxygen atoms in total. The number of nitrogens with two attached hydrogens (primary N) is 1. The second kappa shape index (κ2) is 8.25. The fourth-order valence-corrected chi connectivity index (χ4v) is 1.83. The molecule has 14 heavy (non-hydrogen) atoms. The van der Waals surface area contributed by atoms with E-state index < -0.39 is 0 Å². The minimum Gasteiger partial charge on any atom is -0.327 e. The van der Waals surface area contributed by atoms with Gasteiger partial charge in [0, 0.05) is 6.04 Å². The normalized spacial score (nSPS) is 15.9. The van der Waals surface area contributed by atoms with Crippen molar-refractivity contribution in [1.82, 2.24) is 4.90 Å². The van der Waals surface area contributed by atoms with Crippen LogP contribution in [0, 0.1) is 5.92 Å². The van der Waals surface area contributed by atoms with Gasteiger partial charge in [-0.05, 0) is 38.4 Å². The molecule has 0 aromatic rings. The van der Waals surface area contributed by atoms with Gasteiger partial charge < -0.3 is 10.6 Å². The smallest absolute Gasteiger partial charge is 0.00766 e. The highest BCUT2D eigenvalue weighted by molar-refractivity contribution is 4.70. The van der Waals surface area contributed by atoms with Crippen molar-refractivity contribution >= 4 is 0 Å². The summed E-state index contributed by atoms with van der Waals surface area (Å²) in [7, 11) is 0. The standard InChI is InChI=1S/C12H28N2/c1-5-8-11(4)12(13)9-10-14(6-2)7-3/h11-12H,5-10,13H2,1-4H3. The Morgan fingerprint density at radius 2 is 1.64 bits per heavy atom. The van der Waals surface area contributed by atoms with Crippen LogP contribution in [0.5, 0.6) is 0 Å². The van der Waals surface area contributed by atoms with Crippen LogP contribution in [0.15, 0.2) is 0 Å². The molecule has 86 valence electrons. The minimum absolute atomic E-state index is 0.385. The molecular weight excluding hydrogens is 172 g/mol. The van der Waals surface area contributed by atoms with Gasteiger partial charge in [-0.1, -0.05) is 34.1 Å². The van der Waals surface area contributed by atoms with Crippen molar-refractivity contribution in [2.75, 3.05) is 19.6 Å². The zero-order valence-electron chi connectivity index (χ0n) is 10.4. The second-order valence-electron chi connectivity index (χ2n) is 4.25. The molecule has 0 aromatic heterocycles. The van der Waals surface area contributed by atoms with E-state index in [0.29, 0.717) is 12.0 Å². The van der Waals surface area contributed by atoms with Crippen molar-refractivity contribution in [3.05, 3.63) is 0 Å². The average Bonchev–Trinajstić information content (AvgIpc) is 2.19. The molecule has 0 amide bonds. The molecule has 2 atom stereocenters. The fourth-order valence-electron chi connectivity index (χ4n) is 1.83. The maximum absolute atomic E-state index is 6.13. The van der Waals surface area contributed by atoms with Crippen LogP contribution >= 0.6 is 0 Å². The van der Waals surface area contributed by atoms with Crippen LogP contribution in [-0.4, -0.2) is 30.6 Å². The highest BCUT2D eigenvalue weighted by Gasteiger charge is 2.12. The first kappa shape index (κ1) is 13.9. The lowest BCUT2D eigenvalue weighted by molar-refractivity contribution is 0.272. The molecule has 0 aromatic carbocycles. The summed E-state index contributed by atoms with van der Waals surface area (Å²) in [6.07, 6.45) is 3.66. The third-order valence-corrected chi connectivity index (χ3v) is 3.15. The predicted molar refractivity (Wildman–Crippen MR) is 64.5 cm³/mol. The monoisotopic (exact) mass is 200 g/mol. The van der Waals surface area contributed by atoms with Gasteiger partial charge in [0.1, 0.15) is 0 Å². The molecule has 0 saturated heterocycles. The molecule has 0 bridgehead atoms. The molecule has 0 aliphatic heterocycles. The zero-order valence-corrected chi connectivity index (χ0v) is 10.4. The van der Waals surface area contributed by atoms with Crippen LogP contribution in [0.4, 0.5) is 0 Å². The molecule has 0 saturated carbocycles. The first-order valence-corrected chi connectivity index (χ1v) is 6.13. The van der Waals surface area contributed by atoms with E-state index >= 15 is 0 Å². The average molecular weight is 200 g/mol. The SMILES string of the molecule is CCCC(C)C(N)CCN(CC)CC. The fraction of sp³-hybridized carbons (Fsp3) is 1.00. The molecule has 0 heterocycles. The Labute approximate surface area is 89.9 Å². The van der Waals surface area contributed by atoms with Crippen molar-refractivity contribution < 1.29 is 0 Å². The van der Waals surface area contributed by atoms with Gasteiger partial charge in [-0.2, -0.15) is 0 Å². The molecular formula is C12H28N2. The van der Waals surface area contributed by atoms with E-state index in [9.17, 15) is 0 Å². The van der Waals surface area contributed by atoms with Gasteiger partial charge in [-0.3, -0.25) is 0 Å². The predicted octanol–water partition coefficient (Wildman–Crippen LogP) is 2.48. The summed E-state index contributed by atoms with van der Waals surface area (Å²) in [6, 6.07) is 0.385. The Bertz CT molecular complexity index is 121. The lowest BCUT2D eigenvalue weighted by Gasteiger charge is -2.23. The van der Waals surface area contributed by atoms with Crippen LogP contribution in [0.2, 0.25) is 0 Å². The summed E-state index contributed by atoms with van der Waals surface area (Å²) in [5.74, 6) is 0.676. The van der Waals surface area contributed by atoms with Gasteiger partial charge in [0.15, 0.2) is 0 Å². The van der Waals surface area contributed by atoms with Crippen LogP contribution in [0.1, 0.15) is 47.0 Å². The third-order valence-electron chi connectivity index (χ3n) is 3.15. The van der Waals surface area contributed by atoms with E-state index in [1.165, 1.54) is 12.8 Å². The summed E-state index contributed by atoms with van der Waals surface area (Å²) in [4.78, 5) is 2.44. The highest BCUT2D eigenvalue weighted by atomic mass is 15.1. The van der Waals surface area contributed by atoms with Gasteiger partial charge in [0.2, 0.25) is 0 Å². The molecule has 0 rings (SSSR count). The van der Waals surface area contributed by atoms with E-state index in [2.05, 4.69) is 32.6 Å². The van der Waals surface area contributed by atoms with Crippen molar-refractivity contribution in [3.8, 4) is 0 Å². The zero-order chi connectivity index (χ0) is 11.0. The van der Waals surface area contributed by atoms with E-state index in [0.717, 1.165) is 26.1 Å². The molecule has 0 radical (unpaired) electrons. The maximum atomic E-state index is 6.13. The summed E-state index contributed by atoms with van der Waals surface area (Å²) in [5, 5.41) is 0. The largest absolute Gasteiger partial charge is 0.327 e. The van der Waals surface area contributed by atoms with Gasteiger partial charge >= 0.3 is 0 Å². The van der Waals surface area contributed by atoms with Crippen molar-refractivity contribution in [2.45, 2.75) is 53.0 Å². The molecule has 2 unspecified atom stereocenters. The van der Waals surface area contributed by atoms with Crippen molar-refractivity contribution in [2.24, 2.45) is 11.7 Å². The maximum Gasteiger partial charge on any atom is 0.00766 e. The first-order chi connectivity index (χ1) is 6.65. The minimum atomic E-state index is 0.385. The Balaban J connectivity index is 3.65. The number of nitrogens with zero attached hydrogens (tertiary/aromatic N) is 1. The summed E-state index contributed by atoms with van der Waals surface area (Å²) in [5.41, 5.74) is 6.13. The second-order valence-corrected chi connectivity index (χ2v) is 4.25. The van der Waals surface area contributed by atoms with Gasteiger partial charge in [-0.15, -0.1) is 0 Å². The topological polar surface area (TPSA) is 29.3 Å². The molecule has 2 N–H and O–H groups in total. The number of hydrogen-bond donors (Lipinski definition) is 1. The molecule has 0 aliphatic rings. The molecule has 0 aliphatic carbocycles. The number of rotatable bonds is 8. The van der Waals surface area contributed by atoms with Crippen molar-refractivity contribution in [1.29, 1.82) is 0 Å². The van der Waals surface area contributed by atoms with Crippen LogP contribution in [0.25, 0.3) is 0 Å². The van der Waals surface area contributed by atoms with E-state index in [1.807, 2.05) is 0 Å². The Hall–Kier alpha value is -0.0800. The van der Waals surface area contributed by atoms with E-state index in [1.54, 1.807) is 0 Å². The Kier molecular flexibility index (Phi) is 8.20. The van der Waals surface area contributed by atoms with Gasteiger partial charge in [0.25, 0.3) is 0 Å². The van der Waals surface area contributed by atoms with Crippen LogP contribution in [0.3, 0.4) is 0 Å². The van der Waals surface area contributed by atoms with E-state index in [4.69, 9.17) is 5.73 Å². The Morgan fingerprint density at radius 3 is 2.07 bits per heavy atom. The van der Waals surface area contributed by atoms with Gasteiger partial charge in [0.05, 0.1) is 0 Å².